The number of hydrogen-bond donors (Lipinski definition) is 2. The van der Waals surface area contributed by atoms with Gasteiger partial charge >= 0.3 is 0 Å². The largest absolute Gasteiger partial charge is 0.366 e. The predicted octanol–water partition coefficient (Wildman–Crippen LogP) is 3.20. The molecular weight excluding hydrogens is 276 g/mol. The Labute approximate surface area is 122 Å². The molecule has 0 saturated carbocycles. The summed E-state index contributed by atoms with van der Waals surface area (Å²) in [4.78, 5) is 12.0. The van der Waals surface area contributed by atoms with Crippen molar-refractivity contribution in [3.8, 4) is 0 Å². The lowest BCUT2D eigenvalue weighted by molar-refractivity contribution is 0.102. The molecule has 0 atom stereocenters. The second-order valence-electron chi connectivity index (χ2n) is 4.57. The molecule has 1 aromatic heterocycles. The van der Waals surface area contributed by atoms with Gasteiger partial charge in [-0.05, 0) is 44.2 Å². The van der Waals surface area contributed by atoms with Crippen LogP contribution in [0.15, 0.2) is 36.4 Å². The molecule has 0 radical (unpaired) electrons. The first-order valence-corrected chi connectivity index (χ1v) is 6.59. The summed E-state index contributed by atoms with van der Waals surface area (Å²) in [5.41, 5.74) is 0.476. The first-order valence-electron chi connectivity index (χ1n) is 6.22. The predicted molar refractivity (Wildman–Crippen MR) is 80.2 cm³/mol. The number of amides is 1. The van der Waals surface area contributed by atoms with E-state index in [0.29, 0.717) is 22.2 Å². The molecule has 1 heterocycles. The first kappa shape index (κ1) is 14.3. The summed E-state index contributed by atoms with van der Waals surface area (Å²) in [5, 5.41) is 14.2. The second-order valence-corrected chi connectivity index (χ2v) is 5.00. The molecule has 0 aliphatic heterocycles. The Balaban J connectivity index is 2.04. The van der Waals surface area contributed by atoms with Crippen LogP contribution < -0.4 is 10.6 Å². The highest BCUT2D eigenvalue weighted by molar-refractivity contribution is 6.31. The quantitative estimate of drug-likeness (QED) is 0.907. The summed E-state index contributed by atoms with van der Waals surface area (Å²) in [7, 11) is 0. The van der Waals surface area contributed by atoms with E-state index >= 15 is 0 Å². The van der Waals surface area contributed by atoms with Gasteiger partial charge in [-0.15, -0.1) is 10.2 Å². The van der Waals surface area contributed by atoms with Crippen molar-refractivity contribution in [2.75, 3.05) is 10.6 Å². The smallest absolute Gasteiger partial charge is 0.256 e. The van der Waals surface area contributed by atoms with Crippen LogP contribution in [0, 0.1) is 0 Å². The number of carbonyl (C=O) groups excluding carboxylic acids is 1. The third kappa shape index (κ3) is 3.93. The Morgan fingerprint density at radius 3 is 2.45 bits per heavy atom. The molecule has 0 bridgehead atoms. The van der Waals surface area contributed by atoms with Crippen molar-refractivity contribution in [1.82, 2.24) is 10.2 Å². The highest BCUT2D eigenvalue weighted by Gasteiger charge is 2.07. The summed E-state index contributed by atoms with van der Waals surface area (Å²) in [6.45, 7) is 4.02. The SMILES string of the molecule is CC(C)Nc1ccc(NC(=O)c2cccc(Cl)c2)nn1. The highest BCUT2D eigenvalue weighted by Crippen LogP contribution is 2.13. The van der Waals surface area contributed by atoms with E-state index in [2.05, 4.69) is 20.8 Å². The molecule has 0 aliphatic rings. The Morgan fingerprint density at radius 1 is 1.15 bits per heavy atom. The van der Waals surface area contributed by atoms with Gasteiger partial charge in [0.1, 0.15) is 5.82 Å². The van der Waals surface area contributed by atoms with Gasteiger partial charge in [0, 0.05) is 16.6 Å². The van der Waals surface area contributed by atoms with Crippen molar-refractivity contribution in [3.63, 3.8) is 0 Å². The number of nitrogens with zero attached hydrogens (tertiary/aromatic N) is 2. The number of anilines is 2. The number of halogens is 1. The van der Waals surface area contributed by atoms with Gasteiger partial charge in [0.25, 0.3) is 5.91 Å². The molecule has 0 saturated heterocycles. The fourth-order valence-electron chi connectivity index (χ4n) is 1.59. The van der Waals surface area contributed by atoms with Gasteiger partial charge in [-0.1, -0.05) is 17.7 Å². The zero-order valence-corrected chi connectivity index (χ0v) is 12.0. The number of hydrogen-bond acceptors (Lipinski definition) is 4. The van der Waals surface area contributed by atoms with Crippen LogP contribution in [0.1, 0.15) is 24.2 Å². The molecule has 0 spiro atoms. The monoisotopic (exact) mass is 290 g/mol. The first-order chi connectivity index (χ1) is 9.54. The maximum Gasteiger partial charge on any atom is 0.256 e. The lowest BCUT2D eigenvalue weighted by atomic mass is 10.2. The number of aromatic nitrogens is 2. The van der Waals surface area contributed by atoms with Crippen molar-refractivity contribution in [1.29, 1.82) is 0 Å². The Bertz CT molecular complexity index is 598. The lowest BCUT2D eigenvalue weighted by Gasteiger charge is -2.09. The molecule has 0 fully saturated rings. The molecule has 2 rings (SSSR count). The maximum atomic E-state index is 12.0. The van der Waals surface area contributed by atoms with Crippen LogP contribution in [0.5, 0.6) is 0 Å². The van der Waals surface area contributed by atoms with E-state index in [9.17, 15) is 4.79 Å². The summed E-state index contributed by atoms with van der Waals surface area (Å²) in [6, 6.07) is 10.4. The summed E-state index contributed by atoms with van der Waals surface area (Å²) in [6.07, 6.45) is 0. The molecule has 5 nitrogen and oxygen atoms in total. The molecule has 0 aliphatic carbocycles. The van der Waals surface area contributed by atoms with Crippen LogP contribution in [0.3, 0.4) is 0 Å². The van der Waals surface area contributed by atoms with E-state index in [1.54, 1.807) is 36.4 Å². The third-order valence-electron chi connectivity index (χ3n) is 2.43. The maximum absolute atomic E-state index is 12.0. The molecule has 6 heteroatoms. The van der Waals surface area contributed by atoms with E-state index in [4.69, 9.17) is 11.6 Å². The normalized spacial score (nSPS) is 10.4. The zero-order valence-electron chi connectivity index (χ0n) is 11.2. The number of rotatable bonds is 4. The van der Waals surface area contributed by atoms with Crippen molar-refractivity contribution in [2.45, 2.75) is 19.9 Å². The molecule has 20 heavy (non-hydrogen) atoms. The summed E-state index contributed by atoms with van der Waals surface area (Å²) < 4.78 is 0. The minimum atomic E-state index is -0.272. The fraction of sp³-hybridized carbons (Fsp3) is 0.214. The highest BCUT2D eigenvalue weighted by atomic mass is 35.5. The average Bonchev–Trinajstić information content (AvgIpc) is 2.40. The fourth-order valence-corrected chi connectivity index (χ4v) is 1.78. The molecule has 104 valence electrons. The van der Waals surface area contributed by atoms with E-state index in [1.165, 1.54) is 0 Å². The average molecular weight is 291 g/mol. The van der Waals surface area contributed by atoms with Crippen molar-refractivity contribution in [2.24, 2.45) is 0 Å². The van der Waals surface area contributed by atoms with Gasteiger partial charge in [-0.3, -0.25) is 4.79 Å². The molecule has 2 N–H and O–H groups in total. The Kier molecular flexibility index (Phi) is 4.53. The minimum absolute atomic E-state index is 0.272. The van der Waals surface area contributed by atoms with Crippen LogP contribution in [-0.4, -0.2) is 22.1 Å². The van der Waals surface area contributed by atoms with Crippen LogP contribution in [0.4, 0.5) is 11.6 Å². The Morgan fingerprint density at radius 2 is 1.85 bits per heavy atom. The lowest BCUT2D eigenvalue weighted by Crippen LogP contribution is -2.15. The van der Waals surface area contributed by atoms with Crippen LogP contribution in [0.2, 0.25) is 5.02 Å². The minimum Gasteiger partial charge on any atom is -0.366 e. The van der Waals surface area contributed by atoms with Gasteiger partial charge in [-0.2, -0.15) is 0 Å². The molecular formula is C14H15ClN4O. The van der Waals surface area contributed by atoms with Gasteiger partial charge < -0.3 is 10.6 Å². The van der Waals surface area contributed by atoms with Gasteiger partial charge in [-0.25, -0.2) is 0 Å². The summed E-state index contributed by atoms with van der Waals surface area (Å²) in [5.74, 6) is 0.788. The molecule has 1 amide bonds. The van der Waals surface area contributed by atoms with E-state index in [1.807, 2.05) is 13.8 Å². The van der Waals surface area contributed by atoms with Gasteiger partial charge in [0.15, 0.2) is 5.82 Å². The molecule has 1 aromatic carbocycles. The standard InChI is InChI=1S/C14H15ClN4O/c1-9(2)16-12-6-7-13(19-18-12)17-14(20)10-4-3-5-11(15)8-10/h3-9H,1-2H3,(H,16,18)(H,17,19,20). The van der Waals surface area contributed by atoms with Crippen molar-refractivity contribution in [3.05, 3.63) is 47.0 Å². The van der Waals surface area contributed by atoms with E-state index in [0.717, 1.165) is 0 Å². The zero-order chi connectivity index (χ0) is 14.5. The number of benzene rings is 1. The molecule has 0 unspecified atom stereocenters. The number of carbonyl (C=O) groups is 1. The summed E-state index contributed by atoms with van der Waals surface area (Å²) >= 11 is 5.84. The van der Waals surface area contributed by atoms with Crippen LogP contribution in [-0.2, 0) is 0 Å². The molecule has 2 aromatic rings. The van der Waals surface area contributed by atoms with Gasteiger partial charge in [0.05, 0.1) is 0 Å². The van der Waals surface area contributed by atoms with E-state index < -0.39 is 0 Å². The third-order valence-corrected chi connectivity index (χ3v) is 2.66. The van der Waals surface area contributed by atoms with Crippen LogP contribution in [0.25, 0.3) is 0 Å². The van der Waals surface area contributed by atoms with Gasteiger partial charge in [0.2, 0.25) is 0 Å². The van der Waals surface area contributed by atoms with Crippen molar-refractivity contribution < 1.29 is 4.79 Å². The number of nitrogens with one attached hydrogen (secondary N) is 2. The van der Waals surface area contributed by atoms with Crippen LogP contribution >= 0.6 is 11.6 Å². The van der Waals surface area contributed by atoms with Crippen molar-refractivity contribution >= 4 is 29.1 Å². The topological polar surface area (TPSA) is 66.9 Å². The second kappa shape index (κ2) is 6.34. The van der Waals surface area contributed by atoms with E-state index in [-0.39, 0.29) is 11.9 Å². The Hall–Kier alpha value is -2.14.